The molecular weight excluding hydrogens is 174 g/mol. The summed E-state index contributed by atoms with van der Waals surface area (Å²) < 4.78 is 0. The molecule has 0 rings (SSSR count). The van der Waals surface area contributed by atoms with E-state index in [1.807, 2.05) is 0 Å². The molecule has 0 spiro atoms. The molecule has 0 aliphatic carbocycles. The van der Waals surface area contributed by atoms with Crippen molar-refractivity contribution >= 4 is 5.91 Å². The highest BCUT2D eigenvalue weighted by Gasteiger charge is 2.21. The van der Waals surface area contributed by atoms with E-state index < -0.39 is 0 Å². The Morgan fingerprint density at radius 3 is 2.36 bits per heavy atom. The van der Waals surface area contributed by atoms with Gasteiger partial charge in [-0.1, -0.05) is 40.0 Å². The van der Waals surface area contributed by atoms with Gasteiger partial charge in [-0.15, -0.1) is 0 Å². The second-order valence-corrected chi connectivity index (χ2v) is 4.53. The summed E-state index contributed by atoms with van der Waals surface area (Å²) in [5.41, 5.74) is 0.293. The van der Waals surface area contributed by atoms with Gasteiger partial charge in [0.25, 0.3) is 0 Å². The van der Waals surface area contributed by atoms with Crippen molar-refractivity contribution < 1.29 is 4.79 Å². The van der Waals surface area contributed by atoms with Crippen LogP contribution in [0.15, 0.2) is 0 Å². The van der Waals surface area contributed by atoms with Crippen LogP contribution in [0.5, 0.6) is 0 Å². The van der Waals surface area contributed by atoms with Crippen LogP contribution in [0.1, 0.15) is 59.8 Å². The Morgan fingerprint density at radius 2 is 1.93 bits per heavy atom. The predicted octanol–water partition coefficient (Wildman–Crippen LogP) is 3.12. The zero-order chi connectivity index (χ0) is 11.0. The summed E-state index contributed by atoms with van der Waals surface area (Å²) in [6, 6.07) is 0. The molecule has 2 heteroatoms. The summed E-state index contributed by atoms with van der Waals surface area (Å²) in [4.78, 5) is 10.8. The average Bonchev–Trinajstić information content (AvgIpc) is 2.15. The van der Waals surface area contributed by atoms with Crippen LogP contribution in [0, 0.1) is 5.41 Å². The highest BCUT2D eigenvalue weighted by atomic mass is 16.1. The van der Waals surface area contributed by atoms with Crippen LogP contribution in [0.2, 0.25) is 0 Å². The Kier molecular flexibility index (Phi) is 6.60. The molecule has 1 atom stereocenters. The van der Waals surface area contributed by atoms with E-state index in [1.165, 1.54) is 25.7 Å². The van der Waals surface area contributed by atoms with Gasteiger partial charge in [0.1, 0.15) is 0 Å². The average molecular weight is 199 g/mol. The smallest absolute Gasteiger partial charge is 0.216 e. The van der Waals surface area contributed by atoms with E-state index in [9.17, 15) is 4.79 Å². The Hall–Kier alpha value is -0.530. The van der Waals surface area contributed by atoms with Crippen LogP contribution < -0.4 is 5.32 Å². The lowest BCUT2D eigenvalue weighted by Gasteiger charge is -2.28. The molecule has 0 aromatic rings. The maximum atomic E-state index is 10.8. The van der Waals surface area contributed by atoms with E-state index in [4.69, 9.17) is 0 Å². The standard InChI is InChI=1S/C12H25NO/c1-5-7-8-9-12(4,6-2)10-13-11(3)14/h5-10H2,1-4H3,(H,13,14)/t12-/m1/s1. The number of amides is 1. The zero-order valence-corrected chi connectivity index (χ0v) is 10.2. The van der Waals surface area contributed by atoms with Gasteiger partial charge >= 0.3 is 0 Å². The molecule has 0 aliphatic rings. The van der Waals surface area contributed by atoms with Crippen molar-refractivity contribution in [3.8, 4) is 0 Å². The van der Waals surface area contributed by atoms with E-state index >= 15 is 0 Å². The zero-order valence-electron chi connectivity index (χ0n) is 10.2. The fourth-order valence-electron chi connectivity index (χ4n) is 1.53. The molecule has 0 saturated heterocycles. The second kappa shape index (κ2) is 6.86. The normalized spacial score (nSPS) is 14.9. The first-order chi connectivity index (χ1) is 6.54. The monoisotopic (exact) mass is 199 g/mol. The molecule has 0 unspecified atom stereocenters. The third-order valence-corrected chi connectivity index (χ3v) is 3.00. The van der Waals surface area contributed by atoms with Gasteiger partial charge in [-0.3, -0.25) is 4.79 Å². The van der Waals surface area contributed by atoms with Gasteiger partial charge in [0.05, 0.1) is 0 Å². The number of carbonyl (C=O) groups is 1. The lowest BCUT2D eigenvalue weighted by atomic mass is 9.82. The van der Waals surface area contributed by atoms with Crippen LogP contribution in [0.4, 0.5) is 0 Å². The third kappa shape index (κ3) is 6.01. The molecule has 0 saturated carbocycles. The first-order valence-corrected chi connectivity index (χ1v) is 5.78. The molecule has 0 fully saturated rings. The molecule has 0 aromatic carbocycles. The van der Waals surface area contributed by atoms with Crippen LogP contribution in [-0.2, 0) is 4.79 Å². The lowest BCUT2D eigenvalue weighted by molar-refractivity contribution is -0.119. The van der Waals surface area contributed by atoms with E-state index in [1.54, 1.807) is 6.92 Å². The van der Waals surface area contributed by atoms with Crippen LogP contribution in [0.25, 0.3) is 0 Å². The van der Waals surface area contributed by atoms with Gasteiger partial charge in [0.15, 0.2) is 0 Å². The van der Waals surface area contributed by atoms with Crippen molar-refractivity contribution in [1.82, 2.24) is 5.32 Å². The molecular formula is C12H25NO. The summed E-state index contributed by atoms with van der Waals surface area (Å²) in [6.45, 7) is 9.09. The molecule has 0 heterocycles. The molecule has 0 bridgehead atoms. The highest BCUT2D eigenvalue weighted by molar-refractivity contribution is 5.72. The number of carbonyl (C=O) groups excluding carboxylic acids is 1. The summed E-state index contributed by atoms with van der Waals surface area (Å²) >= 11 is 0. The summed E-state index contributed by atoms with van der Waals surface area (Å²) in [6.07, 6.45) is 6.20. The number of rotatable bonds is 7. The molecule has 0 aliphatic heterocycles. The molecule has 0 radical (unpaired) electrons. The lowest BCUT2D eigenvalue weighted by Crippen LogP contribution is -2.34. The summed E-state index contributed by atoms with van der Waals surface area (Å²) in [7, 11) is 0. The molecule has 2 nitrogen and oxygen atoms in total. The van der Waals surface area contributed by atoms with E-state index in [0.717, 1.165) is 13.0 Å². The van der Waals surface area contributed by atoms with Crippen LogP contribution in [-0.4, -0.2) is 12.5 Å². The second-order valence-electron chi connectivity index (χ2n) is 4.53. The minimum Gasteiger partial charge on any atom is -0.356 e. The molecule has 0 aromatic heterocycles. The predicted molar refractivity (Wildman–Crippen MR) is 61.2 cm³/mol. The van der Waals surface area contributed by atoms with Gasteiger partial charge in [-0.05, 0) is 18.3 Å². The van der Waals surface area contributed by atoms with E-state index in [-0.39, 0.29) is 5.91 Å². The van der Waals surface area contributed by atoms with Crippen molar-refractivity contribution in [2.45, 2.75) is 59.8 Å². The summed E-state index contributed by atoms with van der Waals surface area (Å²) in [5, 5.41) is 2.93. The fourth-order valence-corrected chi connectivity index (χ4v) is 1.53. The number of hydrogen-bond acceptors (Lipinski definition) is 1. The quantitative estimate of drug-likeness (QED) is 0.627. The van der Waals surface area contributed by atoms with Gasteiger partial charge < -0.3 is 5.32 Å². The minimum absolute atomic E-state index is 0.0835. The van der Waals surface area contributed by atoms with Gasteiger partial charge in [0.2, 0.25) is 5.91 Å². The Balaban J connectivity index is 3.84. The van der Waals surface area contributed by atoms with Crippen LogP contribution in [0.3, 0.4) is 0 Å². The number of hydrogen-bond donors (Lipinski definition) is 1. The van der Waals surface area contributed by atoms with Crippen molar-refractivity contribution in [3.05, 3.63) is 0 Å². The van der Waals surface area contributed by atoms with E-state index in [2.05, 4.69) is 26.1 Å². The van der Waals surface area contributed by atoms with Gasteiger partial charge in [0, 0.05) is 13.5 Å². The van der Waals surface area contributed by atoms with Gasteiger partial charge in [-0.25, -0.2) is 0 Å². The SMILES string of the molecule is CCCCC[C@@](C)(CC)CNC(C)=O. The highest BCUT2D eigenvalue weighted by Crippen LogP contribution is 2.27. The minimum atomic E-state index is 0.0835. The maximum Gasteiger partial charge on any atom is 0.216 e. The van der Waals surface area contributed by atoms with Crippen molar-refractivity contribution in [3.63, 3.8) is 0 Å². The molecule has 1 amide bonds. The largest absolute Gasteiger partial charge is 0.356 e. The third-order valence-electron chi connectivity index (χ3n) is 3.00. The number of nitrogens with one attached hydrogen (secondary N) is 1. The van der Waals surface area contributed by atoms with E-state index in [0.29, 0.717) is 5.41 Å². The Morgan fingerprint density at radius 1 is 1.29 bits per heavy atom. The first-order valence-electron chi connectivity index (χ1n) is 5.78. The molecule has 1 N–H and O–H groups in total. The van der Waals surface area contributed by atoms with Crippen molar-refractivity contribution in [2.24, 2.45) is 5.41 Å². The number of unbranched alkanes of at least 4 members (excludes halogenated alkanes) is 2. The Bertz CT molecular complexity index is 168. The van der Waals surface area contributed by atoms with Crippen molar-refractivity contribution in [2.75, 3.05) is 6.54 Å². The van der Waals surface area contributed by atoms with Crippen molar-refractivity contribution in [1.29, 1.82) is 0 Å². The summed E-state index contributed by atoms with van der Waals surface area (Å²) in [5.74, 6) is 0.0835. The first kappa shape index (κ1) is 13.5. The maximum absolute atomic E-state index is 10.8. The molecule has 84 valence electrons. The van der Waals surface area contributed by atoms with Gasteiger partial charge in [-0.2, -0.15) is 0 Å². The Labute approximate surface area is 88.5 Å². The molecule has 14 heavy (non-hydrogen) atoms. The fraction of sp³-hybridized carbons (Fsp3) is 0.917. The topological polar surface area (TPSA) is 29.1 Å². The van der Waals surface area contributed by atoms with Crippen LogP contribution >= 0.6 is 0 Å².